The molecular formula is C25H26N2O6S. The molecule has 0 fully saturated rings. The van der Waals surface area contributed by atoms with Gasteiger partial charge in [-0.1, -0.05) is 18.2 Å². The van der Waals surface area contributed by atoms with Crippen molar-refractivity contribution >= 4 is 27.3 Å². The first-order valence-corrected chi connectivity index (χ1v) is 12.1. The van der Waals surface area contributed by atoms with Gasteiger partial charge in [-0.25, -0.2) is 8.42 Å². The van der Waals surface area contributed by atoms with Crippen molar-refractivity contribution < 1.29 is 27.4 Å². The van der Waals surface area contributed by atoms with E-state index in [1.165, 1.54) is 23.5 Å². The number of rotatable bonds is 7. The molecule has 9 heteroatoms. The predicted molar refractivity (Wildman–Crippen MR) is 129 cm³/mol. The van der Waals surface area contributed by atoms with Crippen LogP contribution in [0.25, 0.3) is 0 Å². The number of hydrogen-bond acceptors (Lipinski definition) is 6. The van der Waals surface area contributed by atoms with E-state index in [4.69, 9.17) is 14.2 Å². The van der Waals surface area contributed by atoms with Gasteiger partial charge in [0.15, 0.2) is 6.10 Å². The average Bonchev–Trinajstić information content (AvgIpc) is 2.83. The van der Waals surface area contributed by atoms with Crippen molar-refractivity contribution in [2.45, 2.75) is 24.5 Å². The number of ether oxygens (including phenoxy) is 3. The van der Waals surface area contributed by atoms with Crippen molar-refractivity contribution in [2.24, 2.45) is 0 Å². The van der Waals surface area contributed by atoms with Crippen molar-refractivity contribution in [3.05, 3.63) is 77.9 Å². The van der Waals surface area contributed by atoms with E-state index in [0.717, 1.165) is 11.1 Å². The van der Waals surface area contributed by atoms with Crippen molar-refractivity contribution in [1.82, 2.24) is 0 Å². The summed E-state index contributed by atoms with van der Waals surface area (Å²) in [5.41, 5.74) is 2.73. The highest BCUT2D eigenvalue weighted by atomic mass is 32.2. The lowest BCUT2D eigenvalue weighted by Gasteiger charge is -2.35. The summed E-state index contributed by atoms with van der Waals surface area (Å²) >= 11 is 0. The van der Waals surface area contributed by atoms with Crippen molar-refractivity contribution in [2.75, 3.05) is 30.4 Å². The van der Waals surface area contributed by atoms with Crippen LogP contribution in [0.4, 0.5) is 11.4 Å². The fraction of sp³-hybridized carbons (Fsp3) is 0.240. The molecule has 0 saturated heterocycles. The quantitative estimate of drug-likeness (QED) is 0.551. The molecule has 1 aliphatic rings. The minimum Gasteiger partial charge on any atom is -0.497 e. The largest absolute Gasteiger partial charge is 0.497 e. The number of carbonyl (C=O) groups is 1. The Kier molecular flexibility index (Phi) is 6.76. The third-order valence-corrected chi connectivity index (χ3v) is 7.22. The maximum atomic E-state index is 13.6. The SMILES string of the molecule is COCc1cccc(NC(=O)C2CN(S(=O)(=O)c3ccc(OC)cc3)c3ccc(C)cc3O2)c1. The molecule has 178 valence electrons. The lowest BCUT2D eigenvalue weighted by molar-refractivity contribution is -0.122. The molecule has 3 aromatic rings. The molecule has 0 bridgehead atoms. The molecule has 0 saturated carbocycles. The summed E-state index contributed by atoms with van der Waals surface area (Å²) in [6.07, 6.45) is -1.05. The summed E-state index contributed by atoms with van der Waals surface area (Å²) in [6, 6.07) is 18.6. The van der Waals surface area contributed by atoms with Gasteiger partial charge < -0.3 is 19.5 Å². The predicted octanol–water partition coefficient (Wildman–Crippen LogP) is 3.75. The Morgan fingerprint density at radius 2 is 1.85 bits per heavy atom. The van der Waals surface area contributed by atoms with Crippen LogP contribution in [0.5, 0.6) is 11.5 Å². The van der Waals surface area contributed by atoms with E-state index >= 15 is 0 Å². The van der Waals surface area contributed by atoms with Crippen LogP contribution in [-0.4, -0.2) is 41.2 Å². The Morgan fingerprint density at radius 3 is 2.56 bits per heavy atom. The Morgan fingerprint density at radius 1 is 1.09 bits per heavy atom. The lowest BCUT2D eigenvalue weighted by Crippen LogP contribution is -2.48. The Labute approximate surface area is 199 Å². The summed E-state index contributed by atoms with van der Waals surface area (Å²) in [4.78, 5) is 13.2. The van der Waals surface area contributed by atoms with E-state index < -0.39 is 22.0 Å². The topological polar surface area (TPSA) is 94.2 Å². The van der Waals surface area contributed by atoms with Gasteiger partial charge in [-0.05, 0) is 66.6 Å². The highest BCUT2D eigenvalue weighted by Crippen LogP contribution is 2.38. The van der Waals surface area contributed by atoms with Gasteiger partial charge in [0.2, 0.25) is 0 Å². The summed E-state index contributed by atoms with van der Waals surface area (Å²) < 4.78 is 44.6. The van der Waals surface area contributed by atoms with E-state index in [-0.39, 0.29) is 11.4 Å². The molecule has 34 heavy (non-hydrogen) atoms. The first kappa shape index (κ1) is 23.6. The molecule has 1 atom stereocenters. The number of nitrogens with one attached hydrogen (secondary N) is 1. The third-order valence-electron chi connectivity index (χ3n) is 5.43. The number of hydrogen-bond donors (Lipinski definition) is 1. The van der Waals surface area contributed by atoms with E-state index in [1.807, 2.05) is 19.1 Å². The van der Waals surface area contributed by atoms with Gasteiger partial charge in [0.05, 0.1) is 30.8 Å². The van der Waals surface area contributed by atoms with E-state index in [9.17, 15) is 13.2 Å². The number of fused-ring (bicyclic) bond motifs is 1. The highest BCUT2D eigenvalue weighted by Gasteiger charge is 2.37. The summed E-state index contributed by atoms with van der Waals surface area (Å²) in [5.74, 6) is 0.429. The number of carbonyl (C=O) groups excluding carboxylic acids is 1. The first-order valence-electron chi connectivity index (χ1n) is 10.6. The summed E-state index contributed by atoms with van der Waals surface area (Å²) in [7, 11) is -0.858. The molecule has 0 radical (unpaired) electrons. The van der Waals surface area contributed by atoms with Crippen molar-refractivity contribution in [3.8, 4) is 11.5 Å². The molecule has 0 spiro atoms. The van der Waals surface area contributed by atoms with Crippen LogP contribution >= 0.6 is 0 Å². The highest BCUT2D eigenvalue weighted by molar-refractivity contribution is 7.92. The molecule has 3 aromatic carbocycles. The molecule has 0 aliphatic carbocycles. The molecule has 0 aromatic heterocycles. The Bertz CT molecular complexity index is 1290. The number of anilines is 2. The monoisotopic (exact) mass is 482 g/mol. The number of nitrogens with zero attached hydrogens (tertiary/aromatic N) is 1. The van der Waals surface area contributed by atoms with Gasteiger partial charge in [-0.15, -0.1) is 0 Å². The van der Waals surface area contributed by atoms with Crippen LogP contribution in [0.3, 0.4) is 0 Å². The van der Waals surface area contributed by atoms with Crippen LogP contribution in [-0.2, 0) is 26.2 Å². The van der Waals surface area contributed by atoms with Crippen LogP contribution in [0, 0.1) is 6.92 Å². The second kappa shape index (κ2) is 9.74. The number of aryl methyl sites for hydroxylation is 1. The molecule has 1 aliphatic heterocycles. The van der Waals surface area contributed by atoms with Gasteiger partial charge in [0, 0.05) is 12.8 Å². The van der Waals surface area contributed by atoms with Gasteiger partial charge in [0.1, 0.15) is 11.5 Å². The third kappa shape index (κ3) is 4.85. The van der Waals surface area contributed by atoms with Crippen LogP contribution in [0.15, 0.2) is 71.6 Å². The number of methoxy groups -OCH3 is 2. The molecule has 1 amide bonds. The van der Waals surface area contributed by atoms with E-state index in [0.29, 0.717) is 29.5 Å². The van der Waals surface area contributed by atoms with Crippen LogP contribution < -0.4 is 19.1 Å². The number of benzene rings is 3. The summed E-state index contributed by atoms with van der Waals surface area (Å²) in [5, 5.41) is 2.83. The second-order valence-corrected chi connectivity index (χ2v) is 9.77. The Balaban J connectivity index is 1.65. The lowest BCUT2D eigenvalue weighted by atomic mass is 10.1. The van der Waals surface area contributed by atoms with Gasteiger partial charge in [0.25, 0.3) is 15.9 Å². The first-order chi connectivity index (χ1) is 16.3. The normalized spacial score (nSPS) is 15.3. The molecule has 1 unspecified atom stereocenters. The molecular weight excluding hydrogens is 456 g/mol. The van der Waals surface area contributed by atoms with Gasteiger partial charge in [-0.2, -0.15) is 0 Å². The van der Waals surface area contributed by atoms with Gasteiger partial charge >= 0.3 is 0 Å². The van der Waals surface area contributed by atoms with Crippen LogP contribution in [0.2, 0.25) is 0 Å². The molecule has 1 N–H and O–H groups in total. The van der Waals surface area contributed by atoms with E-state index in [2.05, 4.69) is 5.32 Å². The van der Waals surface area contributed by atoms with Crippen molar-refractivity contribution in [1.29, 1.82) is 0 Å². The minimum absolute atomic E-state index is 0.0909. The minimum atomic E-state index is -3.97. The number of amides is 1. The van der Waals surface area contributed by atoms with E-state index in [1.54, 1.807) is 49.6 Å². The standard InChI is InChI=1S/C25H26N2O6S/c1-17-7-12-22-23(13-17)33-24(25(28)26-19-6-4-5-18(14-19)16-31-2)15-27(22)34(29,30)21-10-8-20(32-3)9-11-21/h4-14,24H,15-16H2,1-3H3,(H,26,28). The maximum absolute atomic E-state index is 13.6. The molecule has 8 nitrogen and oxygen atoms in total. The van der Waals surface area contributed by atoms with Gasteiger partial charge in [-0.3, -0.25) is 9.10 Å². The smallest absolute Gasteiger partial charge is 0.267 e. The fourth-order valence-corrected chi connectivity index (χ4v) is 5.20. The zero-order chi connectivity index (χ0) is 24.3. The van der Waals surface area contributed by atoms with Crippen molar-refractivity contribution in [3.63, 3.8) is 0 Å². The molecule has 1 heterocycles. The zero-order valence-corrected chi connectivity index (χ0v) is 20.0. The molecule has 4 rings (SSSR count). The zero-order valence-electron chi connectivity index (χ0n) is 19.1. The Hall–Kier alpha value is -3.56. The summed E-state index contributed by atoms with van der Waals surface area (Å²) in [6.45, 7) is 2.11. The second-order valence-electron chi connectivity index (χ2n) is 7.91. The van der Waals surface area contributed by atoms with Crippen LogP contribution in [0.1, 0.15) is 11.1 Å². The maximum Gasteiger partial charge on any atom is 0.267 e. The fourth-order valence-electron chi connectivity index (χ4n) is 3.73. The number of sulfonamides is 1. The average molecular weight is 483 g/mol.